The highest BCUT2D eigenvalue weighted by molar-refractivity contribution is 5.81. The van der Waals surface area contributed by atoms with Gasteiger partial charge in [-0.15, -0.1) is 0 Å². The van der Waals surface area contributed by atoms with Crippen molar-refractivity contribution in [2.24, 2.45) is 0 Å². The first-order valence-corrected chi connectivity index (χ1v) is 3.66. The number of halogens is 5. The van der Waals surface area contributed by atoms with Gasteiger partial charge in [0.05, 0.1) is 0 Å². The minimum absolute atomic E-state index is 0.234. The van der Waals surface area contributed by atoms with Crippen LogP contribution >= 0.6 is 0 Å². The van der Waals surface area contributed by atoms with Crippen LogP contribution in [0.5, 0.6) is 0 Å². The second-order valence-electron chi connectivity index (χ2n) is 2.75. The zero-order chi connectivity index (χ0) is 13.2. The molecule has 2 N–H and O–H groups in total. The highest BCUT2D eigenvalue weighted by Crippen LogP contribution is 2.37. The highest BCUT2D eigenvalue weighted by Gasteiger charge is 2.60. The molecule has 0 aliphatic rings. The number of carbonyl (C=O) groups is 1. The number of ether oxygens (including phenoxy) is 1. The maximum atomic E-state index is 12.7. The Morgan fingerprint density at radius 3 is 2.00 bits per heavy atom. The zero-order valence-corrected chi connectivity index (χ0v) is 7.59. The van der Waals surface area contributed by atoms with Crippen molar-refractivity contribution in [2.75, 3.05) is 0 Å². The molecule has 0 aliphatic carbocycles. The second-order valence-corrected chi connectivity index (χ2v) is 2.75. The Morgan fingerprint density at radius 1 is 1.25 bits per heavy atom. The third kappa shape index (κ3) is 4.11. The number of alkyl halides is 5. The van der Waals surface area contributed by atoms with Gasteiger partial charge in [-0.05, 0) is 0 Å². The summed E-state index contributed by atoms with van der Waals surface area (Å²) >= 11 is 0. The molecular formula is C7H7F5O4. The average Bonchev–Trinajstić information content (AvgIpc) is 1.98. The van der Waals surface area contributed by atoms with Gasteiger partial charge in [0, 0.05) is 6.08 Å². The minimum atomic E-state index is -5.27. The fourth-order valence-corrected chi connectivity index (χ4v) is 0.632. The van der Waals surface area contributed by atoms with Gasteiger partial charge in [0.25, 0.3) is 5.79 Å². The number of esters is 1. The van der Waals surface area contributed by atoms with Gasteiger partial charge in [0.15, 0.2) is 0 Å². The maximum Gasteiger partial charge on any atom is 0.456 e. The van der Waals surface area contributed by atoms with E-state index in [0.717, 1.165) is 0 Å². The van der Waals surface area contributed by atoms with E-state index in [4.69, 9.17) is 10.2 Å². The Kier molecular flexibility index (Phi) is 4.01. The smallest absolute Gasteiger partial charge is 0.393 e. The summed E-state index contributed by atoms with van der Waals surface area (Å²) in [6.45, 7) is 2.71. The molecule has 0 amide bonds. The van der Waals surface area contributed by atoms with Gasteiger partial charge in [-0.1, -0.05) is 6.58 Å². The van der Waals surface area contributed by atoms with Crippen molar-refractivity contribution in [3.05, 3.63) is 12.7 Å². The van der Waals surface area contributed by atoms with Crippen LogP contribution in [0.1, 0.15) is 6.42 Å². The van der Waals surface area contributed by atoms with E-state index in [0.29, 0.717) is 0 Å². The van der Waals surface area contributed by atoms with E-state index < -0.39 is 30.5 Å². The van der Waals surface area contributed by atoms with Gasteiger partial charge >= 0.3 is 18.3 Å². The summed E-state index contributed by atoms with van der Waals surface area (Å²) in [7, 11) is 0. The summed E-state index contributed by atoms with van der Waals surface area (Å²) in [4.78, 5) is 10.3. The molecule has 0 bridgehead atoms. The van der Waals surface area contributed by atoms with Gasteiger partial charge in [-0.25, -0.2) is 4.79 Å². The number of aliphatic hydroxyl groups is 2. The van der Waals surface area contributed by atoms with E-state index >= 15 is 0 Å². The Morgan fingerprint density at radius 2 is 1.69 bits per heavy atom. The van der Waals surface area contributed by atoms with Gasteiger partial charge in [0.2, 0.25) is 0 Å². The van der Waals surface area contributed by atoms with Crippen LogP contribution in [0, 0.1) is 0 Å². The predicted octanol–water partition coefficient (Wildman–Crippen LogP) is 0.942. The summed E-state index contributed by atoms with van der Waals surface area (Å²) in [5.41, 5.74) is 0. The minimum Gasteiger partial charge on any atom is -0.393 e. The molecule has 0 aromatic carbocycles. The first-order valence-electron chi connectivity index (χ1n) is 3.66. The first-order chi connectivity index (χ1) is 6.91. The lowest BCUT2D eigenvalue weighted by Gasteiger charge is -2.29. The monoisotopic (exact) mass is 250 g/mol. The van der Waals surface area contributed by atoms with Crippen molar-refractivity contribution in [1.82, 2.24) is 0 Å². The number of hydrogen-bond donors (Lipinski definition) is 2. The third-order valence-corrected chi connectivity index (χ3v) is 1.31. The lowest BCUT2D eigenvalue weighted by molar-refractivity contribution is -0.400. The summed E-state index contributed by atoms with van der Waals surface area (Å²) < 4.78 is 63.5. The van der Waals surface area contributed by atoms with Crippen LogP contribution in [0.25, 0.3) is 0 Å². The van der Waals surface area contributed by atoms with Gasteiger partial charge in [0.1, 0.15) is 6.42 Å². The highest BCUT2D eigenvalue weighted by atomic mass is 19.4. The molecular weight excluding hydrogens is 243 g/mol. The zero-order valence-electron chi connectivity index (χ0n) is 7.59. The molecule has 0 fully saturated rings. The van der Waals surface area contributed by atoms with E-state index in [1.807, 2.05) is 0 Å². The van der Waals surface area contributed by atoms with Crippen LogP contribution < -0.4 is 0 Å². The first kappa shape index (κ1) is 14.8. The second kappa shape index (κ2) is 4.34. The molecule has 0 aromatic rings. The van der Waals surface area contributed by atoms with E-state index in [2.05, 4.69) is 11.3 Å². The normalized spacial score (nSPS) is 13.4. The molecule has 0 aliphatic heterocycles. The summed E-state index contributed by atoms with van der Waals surface area (Å²) in [6.07, 6.45) is -12.8. The fourth-order valence-electron chi connectivity index (χ4n) is 0.632. The third-order valence-electron chi connectivity index (χ3n) is 1.31. The molecule has 0 saturated carbocycles. The van der Waals surface area contributed by atoms with Crippen LogP contribution in [0.4, 0.5) is 22.0 Å². The molecule has 0 rings (SSSR count). The fraction of sp³-hybridized carbons (Fsp3) is 0.571. The van der Waals surface area contributed by atoms with Crippen molar-refractivity contribution in [3.63, 3.8) is 0 Å². The van der Waals surface area contributed by atoms with Crippen molar-refractivity contribution in [3.8, 4) is 0 Å². The molecule has 0 aromatic heterocycles. The Bertz CT molecular complexity index is 283. The average molecular weight is 250 g/mol. The van der Waals surface area contributed by atoms with Crippen LogP contribution in [0.2, 0.25) is 0 Å². The van der Waals surface area contributed by atoms with E-state index in [1.165, 1.54) is 0 Å². The Hall–Kier alpha value is -1.22. The van der Waals surface area contributed by atoms with Crippen molar-refractivity contribution in [1.29, 1.82) is 0 Å². The van der Waals surface area contributed by atoms with Gasteiger partial charge in [-0.3, -0.25) is 0 Å². The van der Waals surface area contributed by atoms with Crippen molar-refractivity contribution >= 4 is 5.97 Å². The Balaban J connectivity index is 4.83. The molecule has 0 radical (unpaired) electrons. The quantitative estimate of drug-likeness (QED) is 0.337. The summed E-state index contributed by atoms with van der Waals surface area (Å²) in [6, 6.07) is 0. The van der Waals surface area contributed by atoms with E-state index in [9.17, 15) is 26.7 Å². The lowest BCUT2D eigenvalue weighted by Crippen LogP contribution is -2.53. The molecule has 9 heteroatoms. The molecule has 0 atom stereocenters. The number of rotatable bonds is 4. The molecule has 0 unspecified atom stereocenters. The van der Waals surface area contributed by atoms with Gasteiger partial charge in [-0.2, -0.15) is 22.0 Å². The maximum absolute atomic E-state index is 12.7. The molecule has 94 valence electrons. The molecule has 0 saturated heterocycles. The van der Waals surface area contributed by atoms with Gasteiger partial charge < -0.3 is 14.9 Å². The largest absolute Gasteiger partial charge is 0.456 e. The Labute approximate surface area is 85.9 Å². The number of carbonyl (C=O) groups excluding carboxylic acids is 1. The van der Waals surface area contributed by atoms with Crippen LogP contribution in [0.3, 0.4) is 0 Å². The summed E-state index contributed by atoms with van der Waals surface area (Å²) in [5, 5.41) is 17.0. The predicted molar refractivity (Wildman–Crippen MR) is 39.1 cm³/mol. The van der Waals surface area contributed by atoms with E-state index in [-0.39, 0.29) is 6.08 Å². The van der Waals surface area contributed by atoms with Crippen molar-refractivity contribution in [2.45, 2.75) is 24.5 Å². The molecule has 0 spiro atoms. The summed E-state index contributed by atoms with van der Waals surface area (Å²) in [5.74, 6) is -6.33. The SMILES string of the molecule is C=CC(=O)OC(F)(F)C(O)(O)CC(F)(F)F. The molecule has 4 nitrogen and oxygen atoms in total. The molecule has 0 heterocycles. The molecule has 16 heavy (non-hydrogen) atoms. The number of hydrogen-bond acceptors (Lipinski definition) is 4. The van der Waals surface area contributed by atoms with Crippen LogP contribution in [0.15, 0.2) is 12.7 Å². The van der Waals surface area contributed by atoms with Crippen LogP contribution in [-0.4, -0.2) is 34.3 Å². The standard InChI is InChI=1S/C7H7F5O4/c1-2-4(13)16-7(11,12)5(14,15)3-6(8,9)10/h2,14-15H,1,3H2. The topological polar surface area (TPSA) is 66.8 Å². The lowest BCUT2D eigenvalue weighted by atomic mass is 10.1. The van der Waals surface area contributed by atoms with E-state index in [1.54, 1.807) is 0 Å². The van der Waals surface area contributed by atoms with Crippen LogP contribution in [-0.2, 0) is 9.53 Å². The van der Waals surface area contributed by atoms with Crippen molar-refractivity contribution < 1.29 is 41.7 Å².